The molecule has 12 heteroatoms. The molecule has 1 aromatic heterocycles. The second-order valence-corrected chi connectivity index (χ2v) is 9.10. The summed E-state index contributed by atoms with van der Waals surface area (Å²) in [5.74, 6) is 0.469. The van der Waals surface area contributed by atoms with Gasteiger partial charge in [0.25, 0.3) is 0 Å². The zero-order valence-electron chi connectivity index (χ0n) is 16.3. The summed E-state index contributed by atoms with van der Waals surface area (Å²) in [6, 6.07) is 8.24. The molecule has 0 saturated heterocycles. The third kappa shape index (κ3) is 8.76. The fraction of sp³-hybridized carbons (Fsp3) is 0.444. The van der Waals surface area contributed by atoms with Crippen LogP contribution in [-0.2, 0) is 22.4 Å². The first kappa shape index (κ1) is 26.6. The summed E-state index contributed by atoms with van der Waals surface area (Å²) in [7, 11) is -3.34. The van der Waals surface area contributed by atoms with Crippen LogP contribution in [0.2, 0.25) is 0 Å². The molecule has 2 N–H and O–H groups in total. The summed E-state index contributed by atoms with van der Waals surface area (Å²) in [5, 5.41) is 7.43. The Morgan fingerprint density at radius 1 is 1.20 bits per heavy atom. The highest BCUT2D eigenvalue weighted by Crippen LogP contribution is 2.29. The van der Waals surface area contributed by atoms with Crippen molar-refractivity contribution in [1.29, 1.82) is 0 Å². The highest BCUT2D eigenvalue weighted by atomic mass is 127. The van der Waals surface area contributed by atoms with Crippen molar-refractivity contribution in [2.24, 2.45) is 4.99 Å². The summed E-state index contributed by atoms with van der Waals surface area (Å²) in [6.07, 6.45) is -3.75. The third-order valence-electron chi connectivity index (χ3n) is 3.76. The van der Waals surface area contributed by atoms with E-state index < -0.39 is 21.7 Å². The predicted octanol–water partition coefficient (Wildman–Crippen LogP) is 3.74. The van der Waals surface area contributed by atoms with Gasteiger partial charge in [-0.15, -0.1) is 35.3 Å². The summed E-state index contributed by atoms with van der Waals surface area (Å²) < 4.78 is 62.2. The van der Waals surface area contributed by atoms with Gasteiger partial charge in [0.15, 0.2) is 21.5 Å². The van der Waals surface area contributed by atoms with Gasteiger partial charge in [-0.25, -0.2) is 13.4 Å². The molecule has 0 aliphatic rings. The minimum absolute atomic E-state index is 0. The number of halogens is 4. The number of sulfone groups is 1. The number of alkyl halides is 3. The van der Waals surface area contributed by atoms with Crippen molar-refractivity contribution < 1.29 is 21.6 Å². The molecule has 0 bridgehead atoms. The largest absolute Gasteiger partial charge is 0.434 e. The molecule has 2 rings (SSSR count). The zero-order valence-corrected chi connectivity index (χ0v) is 20.2. The lowest BCUT2D eigenvalue weighted by atomic mass is 10.4. The van der Waals surface area contributed by atoms with Gasteiger partial charge < -0.3 is 10.6 Å². The fourth-order valence-corrected chi connectivity index (χ4v) is 4.50. The number of nitrogens with one attached hydrogen (secondary N) is 2. The molecular formula is C18H24F3IN4O2S2. The van der Waals surface area contributed by atoms with E-state index in [0.717, 1.165) is 16.7 Å². The van der Waals surface area contributed by atoms with Crippen molar-refractivity contribution in [3.8, 4) is 0 Å². The molecule has 0 aliphatic heterocycles. The van der Waals surface area contributed by atoms with E-state index in [9.17, 15) is 21.6 Å². The van der Waals surface area contributed by atoms with Gasteiger partial charge in [-0.1, -0.05) is 18.2 Å². The van der Waals surface area contributed by atoms with Gasteiger partial charge in [0.05, 0.1) is 15.7 Å². The number of nitrogens with zero attached hydrogens (tertiary/aromatic N) is 2. The highest BCUT2D eigenvalue weighted by Gasteiger charge is 2.33. The summed E-state index contributed by atoms with van der Waals surface area (Å²) >= 11 is 0.965. The number of thiazole rings is 1. The van der Waals surface area contributed by atoms with Gasteiger partial charge in [0.1, 0.15) is 0 Å². The number of aromatic nitrogens is 1. The number of aliphatic imine (C=N–C) groups is 1. The number of hydrogen-bond acceptors (Lipinski definition) is 5. The van der Waals surface area contributed by atoms with Gasteiger partial charge in [0.2, 0.25) is 0 Å². The number of benzene rings is 1. The normalized spacial score (nSPS) is 12.3. The van der Waals surface area contributed by atoms with Crippen LogP contribution < -0.4 is 10.6 Å². The number of guanidine groups is 1. The summed E-state index contributed by atoms with van der Waals surface area (Å²) in [6.45, 7) is 3.15. The van der Waals surface area contributed by atoms with Crippen LogP contribution in [0, 0.1) is 0 Å². The van der Waals surface area contributed by atoms with Crippen LogP contribution in [0.25, 0.3) is 0 Å². The van der Waals surface area contributed by atoms with Crippen LogP contribution in [-0.4, -0.2) is 44.7 Å². The van der Waals surface area contributed by atoms with Crippen LogP contribution in [0.15, 0.2) is 45.6 Å². The minimum atomic E-state index is -4.43. The molecule has 30 heavy (non-hydrogen) atoms. The van der Waals surface area contributed by atoms with Crippen LogP contribution in [0.3, 0.4) is 0 Å². The van der Waals surface area contributed by atoms with E-state index in [-0.39, 0.29) is 34.6 Å². The Balaban J connectivity index is 0.00000450. The highest BCUT2D eigenvalue weighted by molar-refractivity contribution is 14.0. The van der Waals surface area contributed by atoms with Crippen molar-refractivity contribution in [1.82, 2.24) is 15.6 Å². The molecule has 0 spiro atoms. The van der Waals surface area contributed by atoms with E-state index in [1.54, 1.807) is 30.3 Å². The van der Waals surface area contributed by atoms with Gasteiger partial charge in [-0.3, -0.25) is 4.99 Å². The van der Waals surface area contributed by atoms with E-state index in [2.05, 4.69) is 20.6 Å². The Morgan fingerprint density at radius 3 is 2.50 bits per heavy atom. The first-order valence-corrected chi connectivity index (χ1v) is 11.6. The Bertz CT molecular complexity index is 904. The third-order valence-corrected chi connectivity index (χ3v) is 6.49. The average Bonchev–Trinajstić information content (AvgIpc) is 3.15. The molecule has 1 heterocycles. The van der Waals surface area contributed by atoms with E-state index in [1.165, 1.54) is 0 Å². The van der Waals surface area contributed by atoms with Crippen molar-refractivity contribution in [3.05, 3.63) is 46.4 Å². The molecule has 0 fully saturated rings. The van der Waals surface area contributed by atoms with E-state index >= 15 is 0 Å². The van der Waals surface area contributed by atoms with Gasteiger partial charge in [-0.05, 0) is 25.5 Å². The second kappa shape index (κ2) is 12.4. The quantitative estimate of drug-likeness (QED) is 0.206. The van der Waals surface area contributed by atoms with Gasteiger partial charge in [-0.2, -0.15) is 13.2 Å². The minimum Gasteiger partial charge on any atom is -0.357 e. The Kier molecular flexibility index (Phi) is 11.0. The molecule has 6 nitrogen and oxygen atoms in total. The Labute approximate surface area is 195 Å². The lowest BCUT2D eigenvalue weighted by Crippen LogP contribution is -2.38. The SMILES string of the molecule is CCNC(=NCCCS(=O)(=O)c1ccccc1)NCCc1nc(C(F)(F)F)cs1.I. The molecule has 0 aliphatic carbocycles. The molecule has 2 aromatic rings. The smallest absolute Gasteiger partial charge is 0.357 e. The predicted molar refractivity (Wildman–Crippen MR) is 123 cm³/mol. The molecule has 0 atom stereocenters. The summed E-state index contributed by atoms with van der Waals surface area (Å²) in [4.78, 5) is 8.19. The van der Waals surface area contributed by atoms with Gasteiger partial charge in [0, 0.05) is 31.4 Å². The molecule has 0 saturated carbocycles. The lowest BCUT2D eigenvalue weighted by Gasteiger charge is -2.10. The van der Waals surface area contributed by atoms with Crippen LogP contribution >= 0.6 is 35.3 Å². The first-order valence-electron chi connectivity index (χ1n) is 9.04. The topological polar surface area (TPSA) is 83.5 Å². The van der Waals surface area contributed by atoms with Crippen molar-refractivity contribution >= 4 is 51.1 Å². The van der Waals surface area contributed by atoms with Crippen molar-refractivity contribution in [2.75, 3.05) is 25.4 Å². The van der Waals surface area contributed by atoms with Crippen LogP contribution in [0.5, 0.6) is 0 Å². The average molecular weight is 576 g/mol. The van der Waals surface area contributed by atoms with Crippen molar-refractivity contribution in [3.63, 3.8) is 0 Å². The van der Waals surface area contributed by atoms with Crippen LogP contribution in [0.4, 0.5) is 13.2 Å². The first-order chi connectivity index (χ1) is 13.7. The Hall–Kier alpha value is -1.41. The van der Waals surface area contributed by atoms with Gasteiger partial charge >= 0.3 is 6.18 Å². The Morgan fingerprint density at radius 2 is 1.90 bits per heavy atom. The van der Waals surface area contributed by atoms with Crippen molar-refractivity contribution in [2.45, 2.75) is 30.8 Å². The number of hydrogen-bond donors (Lipinski definition) is 2. The standard InChI is InChI=1S/C18H23F3N4O2S2.HI/c1-2-22-17(24-11-9-16-25-15(13-28-16)18(19,20)21)23-10-6-12-29(26,27)14-7-4-3-5-8-14;/h3-5,7-8,13H,2,6,9-12H2,1H3,(H2,22,23,24);1H. The molecule has 168 valence electrons. The maximum absolute atomic E-state index is 12.6. The molecule has 0 amide bonds. The zero-order chi connectivity index (χ0) is 21.3. The maximum atomic E-state index is 12.6. The fourth-order valence-electron chi connectivity index (χ4n) is 2.38. The van der Waals surface area contributed by atoms with E-state index in [4.69, 9.17) is 0 Å². The molecule has 0 radical (unpaired) electrons. The lowest BCUT2D eigenvalue weighted by molar-refractivity contribution is -0.140. The second-order valence-electron chi connectivity index (χ2n) is 6.05. The number of rotatable bonds is 9. The van der Waals surface area contributed by atoms with E-state index in [0.29, 0.717) is 43.4 Å². The molecular weight excluding hydrogens is 552 g/mol. The van der Waals surface area contributed by atoms with Crippen LogP contribution in [0.1, 0.15) is 24.0 Å². The summed E-state index contributed by atoms with van der Waals surface area (Å²) in [5.41, 5.74) is -0.877. The molecule has 0 unspecified atom stereocenters. The maximum Gasteiger partial charge on any atom is 0.434 e. The van der Waals surface area contributed by atoms with E-state index in [1.807, 2.05) is 6.92 Å². The molecule has 1 aromatic carbocycles. The monoisotopic (exact) mass is 576 g/mol.